The molecule has 2 aromatic carbocycles. The number of likely N-dealkylation sites (tertiary alicyclic amines) is 1. The van der Waals surface area contributed by atoms with Crippen LogP contribution in [0.15, 0.2) is 47.1 Å². The molecule has 74 heavy (non-hydrogen) atoms. The number of carbonyl (C=O) groups is 6. The molecule has 0 aliphatic carbocycles. The van der Waals surface area contributed by atoms with E-state index in [9.17, 15) is 33.9 Å². The first-order valence-electron chi connectivity index (χ1n) is 26.6. The van der Waals surface area contributed by atoms with Gasteiger partial charge in [0.1, 0.15) is 29.9 Å². The molecule has 1 aromatic heterocycles. The highest BCUT2D eigenvalue weighted by atomic mass is 16.5. The molecule has 3 N–H and O–H groups in total. The van der Waals surface area contributed by atoms with Crippen molar-refractivity contribution < 1.29 is 43.3 Å². The number of hydrogen-bond donors (Lipinski definition) is 3. The summed E-state index contributed by atoms with van der Waals surface area (Å²) in [6.45, 7) is 15.5. The number of likely N-dealkylation sites (N-methyl/N-ethyl adjacent to an activating group) is 2. The molecule has 5 aliphatic rings. The molecule has 3 saturated heterocycles. The maximum absolute atomic E-state index is 14.8. The zero-order chi connectivity index (χ0) is 53.2. The SMILES string of the molecule is CCn1c(C2=C([C@H](C)OC)N=CCC2)c2c3cc(ccc31)-c1cc(O)cc(c1)C[C@H](NC(=O)[C@H](C(C)C)N(C)C(=O)CN(C)C(=O)C1CN1CCCN1CCCC1=O)C(=O)N1CCC[C@H](N1)C(=O)OCC(C)(C)C2. The highest BCUT2D eigenvalue weighted by Crippen LogP contribution is 2.42. The smallest absolute Gasteiger partial charge is 0.324 e. The number of amides is 5. The number of ether oxygens (including phenoxy) is 2. The van der Waals surface area contributed by atoms with Gasteiger partial charge in [0.15, 0.2) is 0 Å². The molecule has 6 atom stereocenters. The Hall–Kier alpha value is -6.11. The summed E-state index contributed by atoms with van der Waals surface area (Å²) in [6.07, 6.45) is 6.97. The Morgan fingerprint density at radius 3 is 2.51 bits per heavy atom. The van der Waals surface area contributed by atoms with Crippen molar-refractivity contribution in [2.75, 3.05) is 67.1 Å². The highest BCUT2D eigenvalue weighted by molar-refractivity contribution is 5.96. The molecule has 6 heterocycles. The molecule has 2 unspecified atom stereocenters. The minimum atomic E-state index is -1.19. The van der Waals surface area contributed by atoms with E-state index < -0.39 is 53.1 Å². The molecule has 400 valence electrons. The van der Waals surface area contributed by atoms with Crippen molar-refractivity contribution >= 4 is 58.2 Å². The van der Waals surface area contributed by atoms with E-state index in [1.165, 1.54) is 21.9 Å². The van der Waals surface area contributed by atoms with Crippen molar-refractivity contribution in [3.63, 3.8) is 0 Å². The summed E-state index contributed by atoms with van der Waals surface area (Å²) >= 11 is 0. The van der Waals surface area contributed by atoms with Crippen LogP contribution < -0.4 is 10.7 Å². The number of aryl methyl sites for hydroxylation is 1. The Morgan fingerprint density at radius 2 is 1.80 bits per heavy atom. The Balaban J connectivity index is 1.08. The normalized spacial score (nSPS) is 22.9. The Morgan fingerprint density at radius 1 is 1.01 bits per heavy atom. The Bertz CT molecular complexity index is 2710. The summed E-state index contributed by atoms with van der Waals surface area (Å²) in [4.78, 5) is 94.4. The number of phenols is 1. The molecule has 18 nitrogen and oxygen atoms in total. The third-order valence-corrected chi connectivity index (χ3v) is 15.4. The van der Waals surface area contributed by atoms with Gasteiger partial charge < -0.3 is 39.2 Å². The van der Waals surface area contributed by atoms with Crippen LogP contribution in [0, 0.1) is 11.3 Å². The number of carbonyl (C=O) groups excluding carboxylic acids is 6. The second-order valence-electron chi connectivity index (χ2n) is 22.0. The third kappa shape index (κ3) is 11.9. The van der Waals surface area contributed by atoms with Gasteiger partial charge in [-0.3, -0.25) is 43.7 Å². The monoisotopic (exact) mass is 1020 g/mol. The van der Waals surface area contributed by atoms with Gasteiger partial charge in [0.2, 0.25) is 23.6 Å². The van der Waals surface area contributed by atoms with E-state index in [-0.39, 0.29) is 55.8 Å². The zero-order valence-corrected chi connectivity index (χ0v) is 44.9. The first-order valence-corrected chi connectivity index (χ1v) is 26.6. The molecular weight excluding hydrogens is 943 g/mol. The molecule has 3 aromatic rings. The van der Waals surface area contributed by atoms with Crippen LogP contribution in [0.25, 0.3) is 27.6 Å². The van der Waals surface area contributed by atoms with E-state index in [1.807, 2.05) is 48.9 Å². The topological polar surface area (TPSA) is 198 Å². The van der Waals surface area contributed by atoms with Gasteiger partial charge in [0.25, 0.3) is 5.91 Å². The molecule has 5 amide bonds. The number of allylic oxidation sites excluding steroid dienone is 1. The number of benzene rings is 2. The predicted molar refractivity (Wildman–Crippen MR) is 283 cm³/mol. The third-order valence-electron chi connectivity index (χ3n) is 15.4. The lowest BCUT2D eigenvalue weighted by molar-refractivity contribution is -0.155. The first-order chi connectivity index (χ1) is 35.3. The van der Waals surface area contributed by atoms with Crippen molar-refractivity contribution in [3.05, 3.63) is 58.9 Å². The summed E-state index contributed by atoms with van der Waals surface area (Å²) in [7, 11) is 4.80. The summed E-state index contributed by atoms with van der Waals surface area (Å²) in [5.74, 6) is -2.42. The van der Waals surface area contributed by atoms with Crippen molar-refractivity contribution in [2.24, 2.45) is 16.3 Å². The fourth-order valence-corrected chi connectivity index (χ4v) is 11.4. The van der Waals surface area contributed by atoms with E-state index in [2.05, 4.69) is 48.2 Å². The number of esters is 1. The van der Waals surface area contributed by atoms with E-state index in [0.717, 1.165) is 71.2 Å². The van der Waals surface area contributed by atoms with Gasteiger partial charge in [-0.15, -0.1) is 0 Å². The number of nitrogens with zero attached hydrogens (tertiary/aromatic N) is 7. The standard InChI is InChI=1S/C56H77N9O9/c1-10-64-45-19-18-37-29-41(45)42(51(64)40-15-11-20-57-49(40)35(4)73-9)30-56(5,6)33-74-55(72)43-16-12-24-65(59-43)53(70)44(27-36-25-38(37)28-39(66)26-36)58-52(69)50(34(2)3)61(8)48(68)32-60(7)54(71)46-31-63(46)23-14-22-62-21-13-17-47(62)67/h18-20,25-26,28-29,34-35,43-44,46,50,59,66H,10-17,21-24,27,30-33H2,1-9H3,(H,58,69)/t35-,43-,44-,46?,50-,63?/m0/s1. The van der Waals surface area contributed by atoms with Gasteiger partial charge in [-0.2, -0.15) is 0 Å². The minimum Gasteiger partial charge on any atom is -0.508 e. The lowest BCUT2D eigenvalue weighted by Crippen LogP contribution is -2.62. The van der Waals surface area contributed by atoms with Gasteiger partial charge in [-0.25, -0.2) is 5.43 Å². The molecule has 6 bridgehead atoms. The van der Waals surface area contributed by atoms with Crippen molar-refractivity contribution in [1.82, 2.24) is 39.9 Å². The van der Waals surface area contributed by atoms with Crippen LogP contribution in [-0.2, 0) is 57.6 Å². The average Bonchev–Trinajstić information content (AvgIpc) is 3.93. The first kappa shape index (κ1) is 54.2. The largest absolute Gasteiger partial charge is 0.508 e. The Labute approximate surface area is 435 Å². The number of phenolic OH excluding ortho intramolecular Hbond substituents is 1. The van der Waals surface area contributed by atoms with Gasteiger partial charge >= 0.3 is 5.97 Å². The van der Waals surface area contributed by atoms with Crippen LogP contribution in [0.1, 0.15) is 103 Å². The van der Waals surface area contributed by atoms with Crippen LogP contribution in [0.5, 0.6) is 5.75 Å². The van der Waals surface area contributed by atoms with Crippen molar-refractivity contribution in [2.45, 2.75) is 136 Å². The predicted octanol–water partition coefficient (Wildman–Crippen LogP) is 4.93. The quantitative estimate of drug-likeness (QED) is 0.138. The maximum Gasteiger partial charge on any atom is 0.324 e. The van der Waals surface area contributed by atoms with Gasteiger partial charge in [-0.05, 0) is 111 Å². The molecule has 18 heteroatoms. The maximum atomic E-state index is 14.8. The van der Waals surface area contributed by atoms with Crippen molar-refractivity contribution in [1.29, 1.82) is 0 Å². The Kier molecular flexibility index (Phi) is 16.7. The van der Waals surface area contributed by atoms with Gasteiger partial charge in [-0.1, -0.05) is 39.8 Å². The number of nitrogens with one attached hydrogen (secondary N) is 2. The number of hydrogen-bond acceptors (Lipinski definition) is 12. The number of cyclic esters (lactones) is 1. The summed E-state index contributed by atoms with van der Waals surface area (Å²) in [6, 6.07) is 8.11. The molecule has 0 spiro atoms. The number of hydrazine groups is 1. The van der Waals surface area contributed by atoms with Crippen LogP contribution in [0.2, 0.25) is 0 Å². The lowest BCUT2D eigenvalue weighted by Gasteiger charge is -2.37. The van der Waals surface area contributed by atoms with E-state index in [4.69, 9.17) is 14.5 Å². The van der Waals surface area contributed by atoms with Gasteiger partial charge in [0.05, 0.1) is 30.6 Å². The lowest BCUT2D eigenvalue weighted by atomic mass is 9.83. The molecular formula is C56H77N9O9. The number of aromatic hydroxyl groups is 1. The summed E-state index contributed by atoms with van der Waals surface area (Å²) < 4.78 is 14.3. The molecule has 3 fully saturated rings. The number of rotatable bonds is 15. The summed E-state index contributed by atoms with van der Waals surface area (Å²) in [5, 5.41) is 16.8. The molecule has 5 aliphatic heterocycles. The van der Waals surface area contributed by atoms with E-state index in [0.29, 0.717) is 63.0 Å². The highest BCUT2D eigenvalue weighted by Gasteiger charge is 2.43. The molecule has 0 saturated carbocycles. The summed E-state index contributed by atoms with van der Waals surface area (Å²) in [5.41, 5.74) is 9.95. The van der Waals surface area contributed by atoms with Crippen LogP contribution >= 0.6 is 0 Å². The van der Waals surface area contributed by atoms with Crippen molar-refractivity contribution in [3.8, 4) is 16.9 Å². The number of aliphatic imine (C=N–C) groups is 1. The number of methoxy groups -OCH3 is 1. The zero-order valence-electron chi connectivity index (χ0n) is 44.9. The average molecular weight is 1020 g/mol. The minimum absolute atomic E-state index is 0.0167. The van der Waals surface area contributed by atoms with Gasteiger partial charge in [0, 0.05) is 101 Å². The van der Waals surface area contributed by atoms with E-state index in [1.54, 1.807) is 26.3 Å². The fourth-order valence-electron chi connectivity index (χ4n) is 11.4. The van der Waals surface area contributed by atoms with Crippen LogP contribution in [-0.4, -0.2) is 173 Å². The molecule has 8 rings (SSSR count). The second-order valence-corrected chi connectivity index (χ2v) is 22.0. The number of fused-ring (bicyclic) bond motifs is 6. The van der Waals surface area contributed by atoms with Crippen LogP contribution in [0.4, 0.5) is 0 Å². The molecule has 0 radical (unpaired) electrons. The second kappa shape index (κ2) is 22.8. The number of aromatic nitrogens is 1. The van der Waals surface area contributed by atoms with E-state index >= 15 is 0 Å². The van der Waals surface area contributed by atoms with Crippen LogP contribution in [0.3, 0.4) is 0 Å². The fraction of sp³-hybridized carbons (Fsp3) is 0.589.